The molecule has 0 radical (unpaired) electrons. The highest BCUT2D eigenvalue weighted by molar-refractivity contribution is 5.24. The second-order valence-electron chi connectivity index (χ2n) is 4.70. The molecule has 1 saturated carbocycles. The third kappa shape index (κ3) is 3.07. The molecule has 1 N–H and O–H groups in total. The zero-order valence-corrected chi connectivity index (χ0v) is 10.9. The molecule has 1 aliphatic carbocycles. The summed E-state index contributed by atoms with van der Waals surface area (Å²) in [6.45, 7) is 0.668. The Bertz CT molecular complexity index is 376. The summed E-state index contributed by atoms with van der Waals surface area (Å²) in [6, 6.07) is 7.47. The Morgan fingerprint density at radius 1 is 1.28 bits per heavy atom. The van der Waals surface area contributed by atoms with Crippen LogP contribution in [0.2, 0.25) is 0 Å². The lowest BCUT2D eigenvalue weighted by molar-refractivity contribution is -0.101. The number of methoxy groups -OCH3 is 2. The Morgan fingerprint density at radius 2 is 1.94 bits per heavy atom. The van der Waals surface area contributed by atoms with E-state index in [0.717, 1.165) is 18.4 Å². The maximum absolute atomic E-state index is 13.6. The molecule has 100 valence electrons. The van der Waals surface area contributed by atoms with E-state index in [-0.39, 0.29) is 12.1 Å². The minimum Gasteiger partial charge on any atom is -0.355 e. The van der Waals surface area contributed by atoms with E-state index in [1.807, 2.05) is 12.1 Å². The van der Waals surface area contributed by atoms with Crippen LogP contribution < -0.4 is 5.32 Å². The lowest BCUT2D eigenvalue weighted by Crippen LogP contribution is -2.44. The molecule has 0 aliphatic heterocycles. The summed E-state index contributed by atoms with van der Waals surface area (Å²) in [5.41, 5.74) is 0.839. The van der Waals surface area contributed by atoms with Crippen molar-refractivity contribution < 1.29 is 13.9 Å². The Labute approximate surface area is 107 Å². The number of hydrogen-bond acceptors (Lipinski definition) is 3. The third-order valence-electron chi connectivity index (χ3n) is 3.58. The van der Waals surface area contributed by atoms with Gasteiger partial charge in [0.15, 0.2) is 6.29 Å². The van der Waals surface area contributed by atoms with Gasteiger partial charge in [-0.05, 0) is 30.4 Å². The molecule has 1 fully saturated rings. The van der Waals surface area contributed by atoms with Crippen molar-refractivity contribution >= 4 is 0 Å². The summed E-state index contributed by atoms with van der Waals surface area (Å²) < 4.78 is 23.8. The highest BCUT2D eigenvalue weighted by Crippen LogP contribution is 2.37. The van der Waals surface area contributed by atoms with Crippen molar-refractivity contribution in [2.45, 2.75) is 31.1 Å². The summed E-state index contributed by atoms with van der Waals surface area (Å²) in [4.78, 5) is 0. The molecular weight excluding hydrogens is 233 g/mol. The SMILES string of the molecule is COC(CNC1CC(c2ccccc2F)C1)OC. The zero-order valence-electron chi connectivity index (χ0n) is 10.9. The van der Waals surface area contributed by atoms with E-state index in [1.165, 1.54) is 6.07 Å². The number of benzene rings is 1. The first kappa shape index (κ1) is 13.5. The summed E-state index contributed by atoms with van der Waals surface area (Å²) in [5.74, 6) is 0.250. The van der Waals surface area contributed by atoms with Gasteiger partial charge in [-0.3, -0.25) is 0 Å². The normalized spacial score (nSPS) is 23.1. The molecule has 1 aliphatic rings. The van der Waals surface area contributed by atoms with Crippen molar-refractivity contribution in [3.63, 3.8) is 0 Å². The first-order valence-electron chi connectivity index (χ1n) is 6.28. The zero-order chi connectivity index (χ0) is 13.0. The van der Waals surface area contributed by atoms with Gasteiger partial charge in [-0.15, -0.1) is 0 Å². The van der Waals surface area contributed by atoms with E-state index in [4.69, 9.17) is 9.47 Å². The summed E-state index contributed by atoms with van der Waals surface area (Å²) >= 11 is 0. The fourth-order valence-corrected chi connectivity index (χ4v) is 2.37. The fourth-order valence-electron chi connectivity index (χ4n) is 2.37. The number of hydrogen-bond donors (Lipinski definition) is 1. The molecule has 0 aromatic heterocycles. The van der Waals surface area contributed by atoms with Crippen molar-refractivity contribution in [1.29, 1.82) is 0 Å². The van der Waals surface area contributed by atoms with Crippen LogP contribution in [0, 0.1) is 5.82 Å². The molecule has 0 bridgehead atoms. The molecule has 0 spiro atoms. The van der Waals surface area contributed by atoms with Crippen LogP contribution in [0.25, 0.3) is 0 Å². The van der Waals surface area contributed by atoms with Gasteiger partial charge in [0, 0.05) is 26.8 Å². The number of halogens is 1. The molecule has 2 rings (SSSR count). The largest absolute Gasteiger partial charge is 0.355 e. The van der Waals surface area contributed by atoms with Crippen LogP contribution in [-0.4, -0.2) is 33.1 Å². The van der Waals surface area contributed by atoms with Crippen LogP contribution >= 0.6 is 0 Å². The van der Waals surface area contributed by atoms with Gasteiger partial charge >= 0.3 is 0 Å². The minimum atomic E-state index is -0.211. The molecule has 0 unspecified atom stereocenters. The lowest BCUT2D eigenvalue weighted by Gasteiger charge is -2.37. The monoisotopic (exact) mass is 253 g/mol. The maximum atomic E-state index is 13.6. The standard InChI is InChI=1S/C14H20FNO2/c1-17-14(18-2)9-16-11-7-10(8-11)12-5-3-4-6-13(12)15/h3-6,10-11,14,16H,7-9H2,1-2H3. The number of rotatable bonds is 6. The van der Waals surface area contributed by atoms with E-state index in [2.05, 4.69) is 5.32 Å². The molecule has 4 heteroatoms. The Hall–Kier alpha value is -0.970. The van der Waals surface area contributed by atoms with Crippen LogP contribution in [0.3, 0.4) is 0 Å². The van der Waals surface area contributed by atoms with Crippen LogP contribution in [0.4, 0.5) is 4.39 Å². The van der Waals surface area contributed by atoms with E-state index < -0.39 is 0 Å². The lowest BCUT2D eigenvalue weighted by atomic mass is 9.75. The van der Waals surface area contributed by atoms with Crippen molar-refractivity contribution in [2.24, 2.45) is 0 Å². The molecular formula is C14H20FNO2. The van der Waals surface area contributed by atoms with E-state index >= 15 is 0 Å². The van der Waals surface area contributed by atoms with Crippen LogP contribution in [0.1, 0.15) is 24.3 Å². The maximum Gasteiger partial charge on any atom is 0.169 e. The van der Waals surface area contributed by atoms with Gasteiger partial charge < -0.3 is 14.8 Å². The summed E-state index contributed by atoms with van der Waals surface area (Å²) in [6.07, 6.45) is 1.74. The summed E-state index contributed by atoms with van der Waals surface area (Å²) in [5, 5.41) is 3.37. The Kier molecular flexibility index (Phi) is 4.69. The average Bonchev–Trinajstić information content (AvgIpc) is 2.34. The topological polar surface area (TPSA) is 30.5 Å². The minimum absolute atomic E-state index is 0.0902. The van der Waals surface area contributed by atoms with Gasteiger partial charge in [0.25, 0.3) is 0 Å². The Balaban J connectivity index is 1.76. The highest BCUT2D eigenvalue weighted by atomic mass is 19.1. The second kappa shape index (κ2) is 6.27. The van der Waals surface area contributed by atoms with Crippen molar-refractivity contribution in [2.75, 3.05) is 20.8 Å². The smallest absolute Gasteiger partial charge is 0.169 e. The molecule has 0 saturated heterocycles. The van der Waals surface area contributed by atoms with Crippen LogP contribution in [0.5, 0.6) is 0 Å². The van der Waals surface area contributed by atoms with E-state index in [1.54, 1.807) is 20.3 Å². The molecule has 0 heterocycles. The highest BCUT2D eigenvalue weighted by Gasteiger charge is 2.31. The predicted octanol–water partition coefficient (Wildman–Crippen LogP) is 2.28. The van der Waals surface area contributed by atoms with E-state index in [9.17, 15) is 4.39 Å². The van der Waals surface area contributed by atoms with Gasteiger partial charge in [0.1, 0.15) is 5.82 Å². The van der Waals surface area contributed by atoms with Crippen molar-refractivity contribution in [3.8, 4) is 0 Å². The molecule has 1 aromatic carbocycles. The molecule has 0 amide bonds. The summed E-state index contributed by atoms with van der Waals surface area (Å²) in [7, 11) is 3.25. The van der Waals surface area contributed by atoms with Gasteiger partial charge in [0.2, 0.25) is 0 Å². The van der Waals surface area contributed by atoms with Crippen LogP contribution in [-0.2, 0) is 9.47 Å². The van der Waals surface area contributed by atoms with Crippen LogP contribution in [0.15, 0.2) is 24.3 Å². The third-order valence-corrected chi connectivity index (χ3v) is 3.58. The first-order valence-corrected chi connectivity index (χ1v) is 6.28. The Morgan fingerprint density at radius 3 is 2.56 bits per heavy atom. The van der Waals surface area contributed by atoms with Crippen molar-refractivity contribution in [1.82, 2.24) is 5.32 Å². The molecule has 0 atom stereocenters. The van der Waals surface area contributed by atoms with Gasteiger partial charge in [0.05, 0.1) is 0 Å². The molecule has 3 nitrogen and oxygen atoms in total. The van der Waals surface area contributed by atoms with Gasteiger partial charge in [-0.25, -0.2) is 4.39 Å². The van der Waals surface area contributed by atoms with Gasteiger partial charge in [-0.2, -0.15) is 0 Å². The predicted molar refractivity (Wildman–Crippen MR) is 68.0 cm³/mol. The first-order chi connectivity index (χ1) is 8.74. The van der Waals surface area contributed by atoms with Gasteiger partial charge in [-0.1, -0.05) is 18.2 Å². The second-order valence-corrected chi connectivity index (χ2v) is 4.70. The number of ether oxygens (including phenoxy) is 2. The average molecular weight is 253 g/mol. The quantitative estimate of drug-likeness (QED) is 0.789. The molecule has 18 heavy (non-hydrogen) atoms. The fraction of sp³-hybridized carbons (Fsp3) is 0.571. The number of nitrogens with one attached hydrogen (secondary N) is 1. The van der Waals surface area contributed by atoms with E-state index in [0.29, 0.717) is 18.5 Å². The van der Waals surface area contributed by atoms with Crippen molar-refractivity contribution in [3.05, 3.63) is 35.6 Å². The molecule has 1 aromatic rings.